The summed E-state index contributed by atoms with van der Waals surface area (Å²) in [7, 11) is 0. The van der Waals surface area contributed by atoms with Crippen LogP contribution < -0.4 is 11.1 Å². The summed E-state index contributed by atoms with van der Waals surface area (Å²) in [6, 6.07) is -1.55. The first kappa shape index (κ1) is 15.3. The number of rotatable bonds is 5. The first-order chi connectivity index (χ1) is 8.95. The predicted octanol–water partition coefficient (Wildman–Crippen LogP) is 0.289. The minimum Gasteiger partial charge on any atom is -0.480 e. The number of piperidine rings is 1. The molecule has 4 N–H and O–H groups in total. The second kappa shape index (κ2) is 6.96. The molecule has 3 amide bonds. The Morgan fingerprint density at radius 2 is 2.11 bits per heavy atom. The lowest BCUT2D eigenvalue weighted by molar-refractivity contribution is -0.141. The smallest absolute Gasteiger partial charge is 0.326 e. The van der Waals surface area contributed by atoms with Crippen molar-refractivity contribution in [3.63, 3.8) is 0 Å². The van der Waals surface area contributed by atoms with E-state index in [0.717, 1.165) is 25.7 Å². The summed E-state index contributed by atoms with van der Waals surface area (Å²) in [6.07, 6.45) is 3.35. The standard InChI is InChI=1S/C12H21N3O4/c1-2-8-5-3-4-6-15(8)12(19)14-9(11(17)18)7-10(13)16/h8-9H,2-7H2,1H3,(H2,13,16)(H,14,19)(H,17,18)/t8?,9-/m1/s1. The maximum atomic E-state index is 12.1. The van der Waals surface area contributed by atoms with E-state index in [9.17, 15) is 14.4 Å². The van der Waals surface area contributed by atoms with E-state index < -0.39 is 30.4 Å². The van der Waals surface area contributed by atoms with Crippen molar-refractivity contribution < 1.29 is 19.5 Å². The number of hydrogen-bond acceptors (Lipinski definition) is 3. The van der Waals surface area contributed by atoms with E-state index in [0.29, 0.717) is 6.54 Å². The summed E-state index contributed by atoms with van der Waals surface area (Å²) < 4.78 is 0. The number of carboxylic acids is 1. The number of carbonyl (C=O) groups is 3. The van der Waals surface area contributed by atoms with E-state index in [-0.39, 0.29) is 6.04 Å². The van der Waals surface area contributed by atoms with Crippen LogP contribution in [0.25, 0.3) is 0 Å². The van der Waals surface area contributed by atoms with Crippen LogP contribution in [-0.4, -0.2) is 46.5 Å². The van der Waals surface area contributed by atoms with Crippen LogP contribution in [0.2, 0.25) is 0 Å². The summed E-state index contributed by atoms with van der Waals surface area (Å²) in [5.74, 6) is -2.00. The zero-order valence-corrected chi connectivity index (χ0v) is 11.1. The Bertz CT molecular complexity index is 359. The molecule has 1 rings (SSSR count). The molecule has 1 heterocycles. The molecule has 0 saturated carbocycles. The molecule has 0 spiro atoms. The highest BCUT2D eigenvalue weighted by Crippen LogP contribution is 2.19. The van der Waals surface area contributed by atoms with Gasteiger partial charge in [0.25, 0.3) is 0 Å². The Labute approximate surface area is 112 Å². The number of carbonyl (C=O) groups excluding carboxylic acids is 2. The van der Waals surface area contributed by atoms with E-state index in [1.165, 1.54) is 0 Å². The number of carboxylic acid groups (broad SMARTS) is 1. The normalized spacial score (nSPS) is 20.7. The fourth-order valence-corrected chi connectivity index (χ4v) is 2.33. The number of amides is 3. The summed E-state index contributed by atoms with van der Waals surface area (Å²) in [5.41, 5.74) is 4.97. The lowest BCUT2D eigenvalue weighted by Crippen LogP contribution is -2.53. The van der Waals surface area contributed by atoms with Crippen molar-refractivity contribution in [2.75, 3.05) is 6.54 Å². The highest BCUT2D eigenvalue weighted by Gasteiger charge is 2.29. The maximum Gasteiger partial charge on any atom is 0.326 e. The van der Waals surface area contributed by atoms with E-state index in [1.54, 1.807) is 4.90 Å². The molecule has 1 aliphatic rings. The lowest BCUT2D eigenvalue weighted by atomic mass is 10.0. The van der Waals surface area contributed by atoms with Crippen molar-refractivity contribution in [3.05, 3.63) is 0 Å². The number of nitrogens with one attached hydrogen (secondary N) is 1. The van der Waals surface area contributed by atoms with Gasteiger partial charge in [0.1, 0.15) is 6.04 Å². The molecular formula is C12H21N3O4. The second-order valence-electron chi connectivity index (χ2n) is 4.76. The van der Waals surface area contributed by atoms with Gasteiger partial charge in [-0.05, 0) is 25.7 Å². The monoisotopic (exact) mass is 271 g/mol. The third kappa shape index (κ3) is 4.42. The van der Waals surface area contributed by atoms with Crippen LogP contribution in [0.1, 0.15) is 39.0 Å². The molecule has 1 unspecified atom stereocenters. The zero-order valence-electron chi connectivity index (χ0n) is 11.1. The zero-order chi connectivity index (χ0) is 14.4. The SMILES string of the molecule is CCC1CCCCN1C(=O)N[C@H](CC(N)=O)C(=O)O. The second-order valence-corrected chi connectivity index (χ2v) is 4.76. The Hall–Kier alpha value is -1.79. The Kier molecular flexibility index (Phi) is 5.59. The van der Waals surface area contributed by atoms with Crippen molar-refractivity contribution in [2.45, 2.75) is 51.1 Å². The summed E-state index contributed by atoms with van der Waals surface area (Å²) >= 11 is 0. The van der Waals surface area contributed by atoms with Crippen LogP contribution in [-0.2, 0) is 9.59 Å². The molecule has 0 radical (unpaired) electrons. The quantitative estimate of drug-likeness (QED) is 0.667. The number of likely N-dealkylation sites (tertiary alicyclic amines) is 1. The van der Waals surface area contributed by atoms with Gasteiger partial charge in [0.05, 0.1) is 6.42 Å². The van der Waals surface area contributed by atoms with E-state index in [1.807, 2.05) is 6.92 Å². The molecule has 0 aromatic rings. The molecule has 7 nitrogen and oxygen atoms in total. The van der Waals surface area contributed by atoms with Gasteiger partial charge in [0.2, 0.25) is 5.91 Å². The van der Waals surface area contributed by atoms with Crippen LogP contribution >= 0.6 is 0 Å². The van der Waals surface area contributed by atoms with Gasteiger partial charge in [-0.2, -0.15) is 0 Å². The van der Waals surface area contributed by atoms with Crippen molar-refractivity contribution in [3.8, 4) is 0 Å². The number of urea groups is 1. The minimum absolute atomic E-state index is 0.136. The minimum atomic E-state index is -1.26. The van der Waals surface area contributed by atoms with Crippen LogP contribution in [0, 0.1) is 0 Å². The van der Waals surface area contributed by atoms with Crippen molar-refractivity contribution in [1.82, 2.24) is 10.2 Å². The Morgan fingerprint density at radius 3 is 2.63 bits per heavy atom. The first-order valence-corrected chi connectivity index (χ1v) is 6.54. The van der Waals surface area contributed by atoms with Gasteiger partial charge >= 0.3 is 12.0 Å². The molecule has 0 bridgehead atoms. The number of nitrogens with two attached hydrogens (primary N) is 1. The van der Waals surface area contributed by atoms with Crippen LogP contribution in [0.5, 0.6) is 0 Å². The Morgan fingerprint density at radius 1 is 1.42 bits per heavy atom. The predicted molar refractivity (Wildman–Crippen MR) is 68.4 cm³/mol. The third-order valence-corrected chi connectivity index (χ3v) is 3.36. The average molecular weight is 271 g/mol. The molecule has 19 heavy (non-hydrogen) atoms. The van der Waals surface area contributed by atoms with E-state index in [4.69, 9.17) is 10.8 Å². The Balaban J connectivity index is 2.64. The molecule has 0 aromatic heterocycles. The van der Waals surface area contributed by atoms with Gasteiger partial charge in [-0.3, -0.25) is 4.79 Å². The van der Waals surface area contributed by atoms with Crippen molar-refractivity contribution in [2.24, 2.45) is 5.73 Å². The van der Waals surface area contributed by atoms with Crippen LogP contribution in [0.4, 0.5) is 4.79 Å². The summed E-state index contributed by atoms with van der Waals surface area (Å²) in [5, 5.41) is 11.3. The van der Waals surface area contributed by atoms with Crippen molar-refractivity contribution >= 4 is 17.9 Å². The molecule has 1 aliphatic heterocycles. The maximum absolute atomic E-state index is 12.1. The molecule has 1 fully saturated rings. The number of primary amides is 1. The molecule has 7 heteroatoms. The summed E-state index contributed by atoms with van der Waals surface area (Å²) in [4.78, 5) is 35.5. The fourth-order valence-electron chi connectivity index (χ4n) is 2.33. The van der Waals surface area contributed by atoms with Crippen LogP contribution in [0.3, 0.4) is 0 Å². The largest absolute Gasteiger partial charge is 0.480 e. The topological polar surface area (TPSA) is 113 Å². The van der Waals surface area contributed by atoms with Gasteiger partial charge in [-0.1, -0.05) is 6.92 Å². The molecule has 2 atom stereocenters. The van der Waals surface area contributed by atoms with Gasteiger partial charge in [-0.15, -0.1) is 0 Å². The molecular weight excluding hydrogens is 250 g/mol. The van der Waals surface area contributed by atoms with Gasteiger partial charge in [0.15, 0.2) is 0 Å². The average Bonchev–Trinajstić information content (AvgIpc) is 2.37. The lowest BCUT2D eigenvalue weighted by Gasteiger charge is -2.35. The number of aliphatic carboxylic acids is 1. The fraction of sp³-hybridized carbons (Fsp3) is 0.750. The van der Waals surface area contributed by atoms with E-state index in [2.05, 4.69) is 5.32 Å². The van der Waals surface area contributed by atoms with Gasteiger partial charge in [0, 0.05) is 12.6 Å². The first-order valence-electron chi connectivity index (χ1n) is 6.54. The molecule has 1 saturated heterocycles. The van der Waals surface area contributed by atoms with Gasteiger partial charge in [-0.25, -0.2) is 9.59 Å². The van der Waals surface area contributed by atoms with Crippen LogP contribution in [0.15, 0.2) is 0 Å². The number of hydrogen-bond donors (Lipinski definition) is 3. The molecule has 0 aromatic carbocycles. The number of nitrogens with zero attached hydrogens (tertiary/aromatic N) is 1. The third-order valence-electron chi connectivity index (χ3n) is 3.36. The van der Waals surface area contributed by atoms with Crippen molar-refractivity contribution in [1.29, 1.82) is 0 Å². The highest BCUT2D eigenvalue weighted by molar-refractivity contribution is 5.87. The van der Waals surface area contributed by atoms with E-state index >= 15 is 0 Å². The molecule has 108 valence electrons. The highest BCUT2D eigenvalue weighted by atomic mass is 16.4. The summed E-state index contributed by atoms with van der Waals surface area (Å²) in [6.45, 7) is 2.61. The van der Waals surface area contributed by atoms with Gasteiger partial charge < -0.3 is 21.1 Å². The molecule has 0 aliphatic carbocycles.